The molecule has 3 amide bonds. The number of hydrogen-bond acceptors (Lipinski definition) is 4. The fourth-order valence-electron chi connectivity index (χ4n) is 2.29. The van der Waals surface area contributed by atoms with Crippen molar-refractivity contribution in [2.75, 3.05) is 6.54 Å². The monoisotopic (exact) mass is 353 g/mol. The third kappa shape index (κ3) is 10.0. The van der Waals surface area contributed by atoms with Crippen LogP contribution in [0.25, 0.3) is 0 Å². The van der Waals surface area contributed by atoms with Gasteiger partial charge in [-0.1, -0.05) is 13.8 Å². The van der Waals surface area contributed by atoms with Crippen molar-refractivity contribution in [2.45, 2.75) is 52.0 Å². The molecule has 0 aliphatic rings. The third-order valence-electron chi connectivity index (χ3n) is 3.65. The van der Waals surface area contributed by atoms with Crippen molar-refractivity contribution < 1.29 is 24.3 Å². The highest BCUT2D eigenvalue weighted by Crippen LogP contribution is 2.16. The number of Topliss-reactive ketones (excluding diaryl/α,β-unsaturated/α-hetero) is 1. The smallest absolute Gasteiger partial charge is 0.312 e. The summed E-state index contributed by atoms with van der Waals surface area (Å²) >= 11 is 0. The van der Waals surface area contributed by atoms with Crippen LogP contribution in [0.15, 0.2) is 0 Å². The summed E-state index contributed by atoms with van der Waals surface area (Å²) < 4.78 is 0. The van der Waals surface area contributed by atoms with E-state index in [1.54, 1.807) is 13.8 Å². The van der Waals surface area contributed by atoms with Crippen molar-refractivity contribution in [2.24, 2.45) is 17.6 Å². The predicted molar refractivity (Wildman–Crippen MR) is 92.4 cm³/mol. The number of carbonyl (C=O) groups is 4. The largest absolute Gasteiger partial charge is 0.481 e. The number of primary amides is 1. The van der Waals surface area contributed by atoms with E-state index in [0.29, 0.717) is 6.42 Å². The lowest BCUT2D eigenvalue weighted by molar-refractivity contribution is -0.144. The van der Waals surface area contributed by atoms with Gasteiger partial charge in [0.1, 0.15) is 0 Å². The summed E-state index contributed by atoms with van der Waals surface area (Å²) in [5.41, 5.74) is 4.93. The molecule has 0 aliphatic heterocycles. The molecule has 0 bridgehead atoms. The summed E-state index contributed by atoms with van der Waals surface area (Å²) in [5.74, 6) is -0.459. The van der Waals surface area contributed by atoms with E-state index in [0.717, 1.165) is 0 Å². The summed E-state index contributed by atoms with van der Waals surface area (Å²) in [6.45, 7) is 3.79. The van der Waals surface area contributed by atoms with Crippen LogP contribution in [0.3, 0.4) is 0 Å². The first kappa shape index (κ1) is 22.4. The fourth-order valence-corrected chi connectivity index (χ4v) is 2.29. The fraction of sp³-hybridized carbons (Fsp3) is 0.647. The number of aliphatic carboxylic acids is 1. The first-order chi connectivity index (χ1) is 11.7. The zero-order valence-electron chi connectivity index (χ0n) is 14.7. The average molecular weight is 353 g/mol. The van der Waals surface area contributed by atoms with Gasteiger partial charge < -0.3 is 21.5 Å². The molecule has 8 nitrogen and oxygen atoms in total. The van der Waals surface area contributed by atoms with E-state index in [2.05, 4.69) is 16.6 Å². The number of carbonyl (C=O) groups excluding carboxylic acids is 3. The van der Waals surface area contributed by atoms with E-state index >= 15 is 0 Å². The Morgan fingerprint density at radius 2 is 1.88 bits per heavy atom. The molecule has 0 radical (unpaired) electrons. The van der Waals surface area contributed by atoms with Gasteiger partial charge in [0.15, 0.2) is 5.78 Å². The lowest BCUT2D eigenvalue weighted by atomic mass is 9.90. The van der Waals surface area contributed by atoms with Crippen molar-refractivity contribution >= 4 is 23.7 Å². The molecule has 0 aromatic carbocycles. The molecule has 25 heavy (non-hydrogen) atoms. The minimum atomic E-state index is -1.09. The summed E-state index contributed by atoms with van der Waals surface area (Å²) in [7, 11) is 0. The molecular formula is C17H27N3O5. The lowest BCUT2D eigenvalue weighted by Crippen LogP contribution is -2.45. The molecule has 140 valence electrons. The number of rotatable bonds is 12. The Kier molecular flexibility index (Phi) is 10.7. The maximum Gasteiger partial charge on any atom is 0.312 e. The van der Waals surface area contributed by atoms with Gasteiger partial charge in [-0.15, -0.1) is 12.3 Å². The molecule has 0 saturated heterocycles. The van der Waals surface area contributed by atoms with Crippen molar-refractivity contribution in [1.82, 2.24) is 10.6 Å². The van der Waals surface area contributed by atoms with Crippen molar-refractivity contribution in [3.63, 3.8) is 0 Å². The minimum absolute atomic E-state index is 0.119. The second-order valence-corrected chi connectivity index (χ2v) is 6.13. The van der Waals surface area contributed by atoms with Crippen LogP contribution in [0, 0.1) is 24.2 Å². The van der Waals surface area contributed by atoms with E-state index < -0.39 is 24.0 Å². The molecule has 0 aliphatic carbocycles. The van der Waals surface area contributed by atoms with Gasteiger partial charge in [0.2, 0.25) is 5.91 Å². The van der Waals surface area contributed by atoms with Crippen molar-refractivity contribution in [3.8, 4) is 12.3 Å². The quantitative estimate of drug-likeness (QED) is 0.301. The number of amides is 3. The van der Waals surface area contributed by atoms with Gasteiger partial charge in [-0.25, -0.2) is 4.79 Å². The zero-order valence-corrected chi connectivity index (χ0v) is 14.7. The van der Waals surface area contributed by atoms with Gasteiger partial charge >= 0.3 is 12.0 Å². The lowest BCUT2D eigenvalue weighted by Gasteiger charge is -2.23. The molecule has 0 rings (SSSR count). The average Bonchev–Trinajstić information content (AvgIpc) is 2.52. The number of terminal acetylenes is 1. The van der Waals surface area contributed by atoms with Gasteiger partial charge in [0.25, 0.3) is 0 Å². The Hall–Kier alpha value is -2.56. The summed E-state index contributed by atoms with van der Waals surface area (Å²) in [6.07, 6.45) is 5.91. The van der Waals surface area contributed by atoms with E-state index in [1.165, 1.54) is 0 Å². The van der Waals surface area contributed by atoms with Gasteiger partial charge in [-0.2, -0.15) is 0 Å². The van der Waals surface area contributed by atoms with E-state index in [1.807, 2.05) is 0 Å². The maximum absolute atomic E-state index is 12.4. The molecule has 2 atom stereocenters. The third-order valence-corrected chi connectivity index (χ3v) is 3.65. The summed E-state index contributed by atoms with van der Waals surface area (Å²) in [4.78, 5) is 46.2. The number of carboxylic acid groups (broad SMARTS) is 1. The molecule has 0 heterocycles. The van der Waals surface area contributed by atoms with E-state index in [9.17, 15) is 24.3 Å². The van der Waals surface area contributed by atoms with Gasteiger partial charge in [-0.05, 0) is 18.8 Å². The summed E-state index contributed by atoms with van der Waals surface area (Å²) in [6, 6.07) is -1.44. The SMILES string of the molecule is C#CCCC(=O)N[C@H](C(=O)C[C@@H](CCCNC(N)=O)C(=O)O)C(C)C. The number of nitrogens with two attached hydrogens (primary N) is 1. The number of ketones is 1. The Bertz CT molecular complexity index is 525. The van der Waals surface area contributed by atoms with Crippen LogP contribution >= 0.6 is 0 Å². The zero-order chi connectivity index (χ0) is 19.4. The molecule has 0 aromatic heterocycles. The molecule has 0 fully saturated rings. The van der Waals surface area contributed by atoms with Crippen LogP contribution in [-0.4, -0.2) is 41.4 Å². The first-order valence-corrected chi connectivity index (χ1v) is 8.20. The van der Waals surface area contributed by atoms with Gasteiger partial charge in [0, 0.05) is 25.8 Å². The number of hydrogen-bond donors (Lipinski definition) is 4. The molecule has 8 heteroatoms. The van der Waals surface area contributed by atoms with Crippen LogP contribution in [0.2, 0.25) is 0 Å². The van der Waals surface area contributed by atoms with Crippen molar-refractivity contribution in [3.05, 3.63) is 0 Å². The van der Waals surface area contributed by atoms with Crippen LogP contribution in [-0.2, 0) is 14.4 Å². The molecule has 5 N–H and O–H groups in total. The van der Waals surface area contributed by atoms with E-state index in [-0.39, 0.29) is 49.8 Å². The highest BCUT2D eigenvalue weighted by atomic mass is 16.4. The van der Waals surface area contributed by atoms with Crippen LogP contribution < -0.4 is 16.4 Å². The van der Waals surface area contributed by atoms with Gasteiger partial charge in [-0.3, -0.25) is 14.4 Å². The standard InChI is InChI=1S/C17H27N3O5/c1-4-5-8-14(22)20-15(11(2)3)13(21)10-12(16(23)24)7-6-9-19-17(18)25/h1,11-12,15H,5-10H2,2-3H3,(H,20,22)(H,23,24)(H3,18,19,25)/t12-,15+/m1/s1. The normalized spacial score (nSPS) is 12.7. The predicted octanol–water partition coefficient (Wildman–Crippen LogP) is 0.649. The molecule has 0 aromatic rings. The van der Waals surface area contributed by atoms with E-state index in [4.69, 9.17) is 12.2 Å². The Labute approximate surface area is 147 Å². The molecule has 0 saturated carbocycles. The second kappa shape index (κ2) is 11.9. The Morgan fingerprint density at radius 1 is 1.24 bits per heavy atom. The molecule has 0 spiro atoms. The highest BCUT2D eigenvalue weighted by Gasteiger charge is 2.28. The number of carboxylic acids is 1. The topological polar surface area (TPSA) is 139 Å². The van der Waals surface area contributed by atoms with Crippen LogP contribution in [0.1, 0.15) is 46.0 Å². The van der Waals surface area contributed by atoms with Crippen LogP contribution in [0.4, 0.5) is 4.79 Å². The maximum atomic E-state index is 12.4. The molecule has 0 unspecified atom stereocenters. The Balaban J connectivity index is 4.69. The second-order valence-electron chi connectivity index (χ2n) is 6.13. The summed E-state index contributed by atoms with van der Waals surface area (Å²) in [5, 5.41) is 14.3. The minimum Gasteiger partial charge on any atom is -0.481 e. The highest BCUT2D eigenvalue weighted by molar-refractivity contribution is 5.91. The van der Waals surface area contributed by atoms with Crippen molar-refractivity contribution in [1.29, 1.82) is 0 Å². The Morgan fingerprint density at radius 3 is 2.36 bits per heavy atom. The number of urea groups is 1. The van der Waals surface area contributed by atoms with Gasteiger partial charge in [0.05, 0.1) is 12.0 Å². The van der Waals surface area contributed by atoms with Crippen LogP contribution in [0.5, 0.6) is 0 Å². The first-order valence-electron chi connectivity index (χ1n) is 8.20. The number of nitrogens with one attached hydrogen (secondary N) is 2. The molecular weight excluding hydrogens is 326 g/mol.